The molecule has 0 unspecified atom stereocenters. The summed E-state index contributed by atoms with van der Waals surface area (Å²) in [5, 5.41) is 9.11. The molecular weight excluding hydrogens is 247 g/mol. The quantitative estimate of drug-likeness (QED) is 0.877. The highest BCUT2D eigenvalue weighted by atomic mass is 35.5. The maximum atomic E-state index is 12.6. The van der Waals surface area contributed by atoms with E-state index in [1.165, 1.54) is 12.1 Å². The molecule has 2 aromatic rings. The zero-order chi connectivity index (χ0) is 12.3. The van der Waals surface area contributed by atoms with Crippen LogP contribution in [0.3, 0.4) is 0 Å². The number of anilines is 1. The van der Waals surface area contributed by atoms with E-state index in [-0.39, 0.29) is 12.3 Å². The molecule has 1 amide bonds. The van der Waals surface area contributed by atoms with Gasteiger partial charge in [0, 0.05) is 5.69 Å². The summed E-state index contributed by atoms with van der Waals surface area (Å²) in [4.78, 5) is 15.2. The van der Waals surface area contributed by atoms with Gasteiger partial charge in [0.05, 0.1) is 12.6 Å². The zero-order valence-electron chi connectivity index (χ0n) is 8.58. The van der Waals surface area contributed by atoms with Crippen LogP contribution in [-0.2, 0) is 11.2 Å². The first-order valence-corrected chi connectivity index (χ1v) is 5.12. The number of pyridine rings is 1. The molecule has 0 aliphatic heterocycles. The molecule has 2 aromatic heterocycles. The Hall–Kier alpha value is -1.95. The topological polar surface area (TPSA) is 70.7 Å². The molecule has 0 saturated carbocycles. The number of hydrogen-bond donors (Lipinski definition) is 2. The van der Waals surface area contributed by atoms with Gasteiger partial charge in [-0.1, -0.05) is 11.6 Å². The minimum Gasteiger partial charge on any atom is -0.310 e. The molecule has 0 aromatic carbocycles. The lowest BCUT2D eigenvalue weighted by Gasteiger charge is -2.02. The van der Waals surface area contributed by atoms with Crippen molar-refractivity contribution in [2.45, 2.75) is 6.42 Å². The smallest absolute Gasteiger partial charge is 0.231 e. The molecule has 0 aliphatic rings. The first-order chi connectivity index (χ1) is 8.13. The molecule has 17 heavy (non-hydrogen) atoms. The van der Waals surface area contributed by atoms with Crippen LogP contribution in [0.1, 0.15) is 5.69 Å². The first-order valence-electron chi connectivity index (χ1n) is 4.74. The highest BCUT2D eigenvalue weighted by Gasteiger charge is 2.07. The molecule has 0 fully saturated rings. The Kier molecular flexibility index (Phi) is 3.34. The van der Waals surface area contributed by atoms with Crippen LogP contribution < -0.4 is 5.32 Å². The maximum Gasteiger partial charge on any atom is 0.231 e. The van der Waals surface area contributed by atoms with Crippen LogP contribution in [0.5, 0.6) is 0 Å². The third-order valence-electron chi connectivity index (χ3n) is 1.95. The minimum atomic E-state index is -0.455. The van der Waals surface area contributed by atoms with Crippen molar-refractivity contribution >= 4 is 23.3 Å². The molecule has 0 radical (unpaired) electrons. The zero-order valence-corrected chi connectivity index (χ0v) is 9.33. The fourth-order valence-electron chi connectivity index (χ4n) is 1.23. The normalized spacial score (nSPS) is 10.2. The second kappa shape index (κ2) is 4.92. The van der Waals surface area contributed by atoms with E-state index >= 15 is 0 Å². The summed E-state index contributed by atoms with van der Waals surface area (Å²) in [6, 6.07) is 4.15. The Morgan fingerprint density at radius 2 is 2.35 bits per heavy atom. The van der Waals surface area contributed by atoms with Crippen molar-refractivity contribution in [1.82, 2.24) is 15.2 Å². The van der Waals surface area contributed by atoms with Gasteiger partial charge < -0.3 is 5.32 Å². The summed E-state index contributed by atoms with van der Waals surface area (Å²) in [7, 11) is 0. The van der Waals surface area contributed by atoms with Gasteiger partial charge in [-0.05, 0) is 18.2 Å². The standard InChI is InChI=1S/C10H8ClFN4O/c11-8-3-7(15-16-8)4-10(17)14-9-2-1-6(12)5-13-9/h1-3,5H,4H2,(H,15,16)(H,13,14,17). The highest BCUT2D eigenvalue weighted by Crippen LogP contribution is 2.08. The van der Waals surface area contributed by atoms with Gasteiger partial charge in [-0.25, -0.2) is 9.37 Å². The Labute approximate surface area is 101 Å². The van der Waals surface area contributed by atoms with Gasteiger partial charge in [-0.2, -0.15) is 5.10 Å². The summed E-state index contributed by atoms with van der Waals surface area (Å²) in [6.45, 7) is 0. The number of aromatic nitrogens is 3. The lowest BCUT2D eigenvalue weighted by molar-refractivity contribution is -0.115. The number of nitrogens with zero attached hydrogens (tertiary/aromatic N) is 2. The van der Waals surface area contributed by atoms with E-state index in [1.807, 2.05) is 0 Å². The van der Waals surface area contributed by atoms with Gasteiger partial charge in [-0.15, -0.1) is 0 Å². The van der Waals surface area contributed by atoms with Gasteiger partial charge >= 0.3 is 0 Å². The Bertz CT molecular complexity index is 525. The van der Waals surface area contributed by atoms with Crippen LogP contribution in [0.2, 0.25) is 5.15 Å². The average molecular weight is 255 g/mol. The molecule has 0 atom stereocenters. The number of hydrogen-bond acceptors (Lipinski definition) is 3. The van der Waals surface area contributed by atoms with Crippen LogP contribution in [0.25, 0.3) is 0 Å². The van der Waals surface area contributed by atoms with E-state index in [4.69, 9.17) is 11.6 Å². The largest absolute Gasteiger partial charge is 0.310 e. The summed E-state index contributed by atoms with van der Waals surface area (Å²) in [5.41, 5.74) is 0.592. The van der Waals surface area contributed by atoms with E-state index in [2.05, 4.69) is 20.5 Å². The van der Waals surface area contributed by atoms with Gasteiger partial charge in [0.15, 0.2) is 5.15 Å². The van der Waals surface area contributed by atoms with E-state index in [0.717, 1.165) is 6.20 Å². The Balaban J connectivity index is 1.95. The number of aromatic amines is 1. The maximum absolute atomic E-state index is 12.6. The van der Waals surface area contributed by atoms with Crippen molar-refractivity contribution in [3.63, 3.8) is 0 Å². The molecule has 0 aliphatic carbocycles. The van der Waals surface area contributed by atoms with Gasteiger partial charge in [0.25, 0.3) is 0 Å². The molecule has 7 heteroatoms. The number of carbonyl (C=O) groups excluding carboxylic acids is 1. The highest BCUT2D eigenvalue weighted by molar-refractivity contribution is 6.29. The lowest BCUT2D eigenvalue weighted by atomic mass is 10.3. The van der Waals surface area contributed by atoms with Crippen molar-refractivity contribution in [2.75, 3.05) is 5.32 Å². The second-order valence-electron chi connectivity index (χ2n) is 3.30. The molecule has 2 heterocycles. The Morgan fingerprint density at radius 3 is 2.94 bits per heavy atom. The SMILES string of the molecule is O=C(Cc1cc(Cl)n[nH]1)Nc1ccc(F)cn1. The fraction of sp³-hybridized carbons (Fsp3) is 0.100. The third-order valence-corrected chi connectivity index (χ3v) is 2.14. The lowest BCUT2D eigenvalue weighted by Crippen LogP contribution is -2.15. The second-order valence-corrected chi connectivity index (χ2v) is 3.69. The summed E-state index contributed by atoms with van der Waals surface area (Å²) >= 11 is 5.59. The first kappa shape index (κ1) is 11.5. The minimum absolute atomic E-state index is 0.0960. The number of rotatable bonds is 3. The van der Waals surface area contributed by atoms with Crippen LogP contribution >= 0.6 is 11.6 Å². The Morgan fingerprint density at radius 1 is 1.53 bits per heavy atom. The van der Waals surface area contributed by atoms with Gasteiger partial charge in [0.2, 0.25) is 5.91 Å². The van der Waals surface area contributed by atoms with Crippen LogP contribution in [0.4, 0.5) is 10.2 Å². The molecule has 0 saturated heterocycles. The van der Waals surface area contributed by atoms with Crippen molar-refractivity contribution < 1.29 is 9.18 Å². The molecule has 2 N–H and O–H groups in total. The van der Waals surface area contributed by atoms with E-state index < -0.39 is 5.82 Å². The number of amides is 1. The molecule has 2 rings (SSSR count). The number of carbonyl (C=O) groups is 1. The number of nitrogens with one attached hydrogen (secondary N) is 2. The molecular formula is C10H8ClFN4O. The monoisotopic (exact) mass is 254 g/mol. The van der Waals surface area contributed by atoms with Crippen molar-refractivity contribution in [1.29, 1.82) is 0 Å². The van der Waals surface area contributed by atoms with Crippen molar-refractivity contribution in [3.8, 4) is 0 Å². The molecule has 88 valence electrons. The predicted octanol–water partition coefficient (Wildman–Crippen LogP) is 1.78. The fourth-order valence-corrected chi connectivity index (χ4v) is 1.41. The van der Waals surface area contributed by atoms with Crippen molar-refractivity contribution in [3.05, 3.63) is 41.1 Å². The molecule has 0 spiro atoms. The van der Waals surface area contributed by atoms with E-state index in [0.29, 0.717) is 16.7 Å². The van der Waals surface area contributed by atoms with Crippen LogP contribution in [0, 0.1) is 5.82 Å². The van der Waals surface area contributed by atoms with E-state index in [1.54, 1.807) is 6.07 Å². The summed E-state index contributed by atoms with van der Waals surface area (Å²) in [5.74, 6) is -0.449. The van der Waals surface area contributed by atoms with Crippen LogP contribution in [0.15, 0.2) is 24.4 Å². The van der Waals surface area contributed by atoms with E-state index in [9.17, 15) is 9.18 Å². The third kappa shape index (κ3) is 3.25. The summed E-state index contributed by atoms with van der Waals surface area (Å²) < 4.78 is 12.6. The summed E-state index contributed by atoms with van der Waals surface area (Å²) in [6.07, 6.45) is 1.13. The average Bonchev–Trinajstić information content (AvgIpc) is 2.67. The predicted molar refractivity (Wildman–Crippen MR) is 60.1 cm³/mol. The van der Waals surface area contributed by atoms with Crippen LogP contribution in [-0.4, -0.2) is 21.1 Å². The molecule has 0 bridgehead atoms. The van der Waals surface area contributed by atoms with Gasteiger partial charge in [-0.3, -0.25) is 9.89 Å². The van der Waals surface area contributed by atoms with Gasteiger partial charge in [0.1, 0.15) is 11.6 Å². The number of halogens is 2. The number of H-pyrrole nitrogens is 1. The molecule has 5 nitrogen and oxygen atoms in total. The van der Waals surface area contributed by atoms with Crippen molar-refractivity contribution in [2.24, 2.45) is 0 Å².